The molecule has 0 saturated heterocycles. The topological polar surface area (TPSA) is 61.4 Å². The highest BCUT2D eigenvalue weighted by atomic mass is 32.2. The average molecular weight is 321 g/mol. The van der Waals surface area contributed by atoms with Gasteiger partial charge in [-0.25, -0.2) is 8.78 Å². The zero-order valence-corrected chi connectivity index (χ0v) is 13.0. The van der Waals surface area contributed by atoms with Gasteiger partial charge in [-0.05, 0) is 38.1 Å². The van der Waals surface area contributed by atoms with Crippen LogP contribution in [0.2, 0.25) is 0 Å². The van der Waals surface area contributed by atoms with E-state index < -0.39 is 21.8 Å². The van der Waals surface area contributed by atoms with Gasteiger partial charge in [0.1, 0.15) is 11.6 Å². The molecule has 5 nitrogen and oxygen atoms in total. The van der Waals surface area contributed by atoms with Crippen LogP contribution >= 0.6 is 0 Å². The van der Waals surface area contributed by atoms with Gasteiger partial charge in [-0.2, -0.15) is 12.7 Å². The first-order chi connectivity index (χ1) is 9.86. The largest absolute Gasteiger partial charge is 0.317 e. The van der Waals surface area contributed by atoms with Gasteiger partial charge < -0.3 is 5.32 Å². The molecule has 0 amide bonds. The molecule has 0 aliphatic carbocycles. The van der Waals surface area contributed by atoms with Crippen molar-refractivity contribution in [2.24, 2.45) is 0 Å². The molecule has 0 bridgehead atoms. The highest BCUT2D eigenvalue weighted by Gasteiger charge is 2.18. The maximum atomic E-state index is 13.4. The van der Waals surface area contributed by atoms with Crippen molar-refractivity contribution >= 4 is 15.9 Å². The Hall–Kier alpha value is -1.25. The molecule has 1 aromatic rings. The summed E-state index contributed by atoms with van der Waals surface area (Å²) in [4.78, 5) is 0. The number of nitrogens with one attached hydrogen (secondary N) is 2. The summed E-state index contributed by atoms with van der Waals surface area (Å²) in [5, 5.41) is 3.16. The first-order valence-corrected chi connectivity index (χ1v) is 8.20. The van der Waals surface area contributed by atoms with Crippen molar-refractivity contribution < 1.29 is 17.2 Å². The van der Waals surface area contributed by atoms with Gasteiger partial charge >= 0.3 is 10.2 Å². The fourth-order valence-corrected chi connectivity index (χ4v) is 2.61. The van der Waals surface area contributed by atoms with Crippen LogP contribution in [-0.2, 0) is 10.2 Å². The maximum Gasteiger partial charge on any atom is 0.301 e. The van der Waals surface area contributed by atoms with Crippen LogP contribution in [0, 0.1) is 11.6 Å². The van der Waals surface area contributed by atoms with Crippen LogP contribution in [0.4, 0.5) is 14.5 Å². The minimum atomic E-state index is -3.85. The van der Waals surface area contributed by atoms with Crippen molar-refractivity contribution in [3.63, 3.8) is 0 Å². The second kappa shape index (κ2) is 8.26. The summed E-state index contributed by atoms with van der Waals surface area (Å²) < 4.78 is 53.4. The molecule has 0 radical (unpaired) electrons. The number of hydrogen-bond acceptors (Lipinski definition) is 3. The Morgan fingerprint density at radius 1 is 1.24 bits per heavy atom. The van der Waals surface area contributed by atoms with Gasteiger partial charge in [0.2, 0.25) is 0 Å². The highest BCUT2D eigenvalue weighted by molar-refractivity contribution is 7.90. The normalized spacial score (nSPS) is 11.9. The van der Waals surface area contributed by atoms with Gasteiger partial charge in [0.25, 0.3) is 0 Å². The Labute approximate surface area is 124 Å². The molecule has 0 unspecified atom stereocenters. The lowest BCUT2D eigenvalue weighted by Crippen LogP contribution is -2.34. The number of halogens is 2. The minimum absolute atomic E-state index is 0.271. The second-order valence-corrected chi connectivity index (χ2v) is 6.43. The van der Waals surface area contributed by atoms with E-state index in [1.807, 2.05) is 6.92 Å². The van der Waals surface area contributed by atoms with Crippen molar-refractivity contribution in [3.8, 4) is 0 Å². The SMILES string of the molecule is CCCNCCCN(C)S(=O)(=O)Nc1ccc(F)cc1F. The number of nitrogens with zero attached hydrogens (tertiary/aromatic N) is 1. The third-order valence-electron chi connectivity index (χ3n) is 2.83. The maximum absolute atomic E-state index is 13.4. The Balaban J connectivity index is 2.55. The zero-order chi connectivity index (χ0) is 15.9. The first-order valence-electron chi connectivity index (χ1n) is 6.76. The van der Waals surface area contributed by atoms with Crippen molar-refractivity contribution in [3.05, 3.63) is 29.8 Å². The smallest absolute Gasteiger partial charge is 0.301 e. The van der Waals surface area contributed by atoms with E-state index in [1.165, 1.54) is 7.05 Å². The molecule has 1 aromatic carbocycles. The van der Waals surface area contributed by atoms with E-state index >= 15 is 0 Å². The van der Waals surface area contributed by atoms with Crippen molar-refractivity contribution in [2.75, 3.05) is 31.4 Å². The Morgan fingerprint density at radius 3 is 2.57 bits per heavy atom. The number of anilines is 1. The van der Waals surface area contributed by atoms with Gasteiger partial charge in [0.15, 0.2) is 0 Å². The van der Waals surface area contributed by atoms with E-state index in [1.54, 1.807) is 0 Å². The molecule has 1 rings (SSSR count). The Morgan fingerprint density at radius 2 is 1.95 bits per heavy atom. The third kappa shape index (κ3) is 5.94. The van der Waals surface area contributed by atoms with E-state index in [2.05, 4.69) is 10.0 Å². The van der Waals surface area contributed by atoms with E-state index in [9.17, 15) is 17.2 Å². The summed E-state index contributed by atoms with van der Waals surface area (Å²) in [6, 6.07) is 2.68. The first kappa shape index (κ1) is 17.8. The summed E-state index contributed by atoms with van der Waals surface area (Å²) in [5.74, 6) is -1.71. The summed E-state index contributed by atoms with van der Waals surface area (Å²) in [6.07, 6.45) is 1.66. The Kier molecular flexibility index (Phi) is 7.00. The molecule has 120 valence electrons. The van der Waals surface area contributed by atoms with Crippen LogP contribution in [0.5, 0.6) is 0 Å². The molecule has 0 aliphatic heterocycles. The molecule has 0 fully saturated rings. The van der Waals surface area contributed by atoms with Gasteiger partial charge in [-0.3, -0.25) is 4.72 Å². The molecule has 0 aliphatic rings. The van der Waals surface area contributed by atoms with Gasteiger partial charge in [0.05, 0.1) is 5.69 Å². The zero-order valence-electron chi connectivity index (χ0n) is 12.2. The predicted molar refractivity (Wildman–Crippen MR) is 79.3 cm³/mol. The van der Waals surface area contributed by atoms with Gasteiger partial charge in [0, 0.05) is 19.7 Å². The lowest BCUT2D eigenvalue weighted by molar-refractivity contribution is 0.458. The summed E-state index contributed by atoms with van der Waals surface area (Å²) >= 11 is 0. The van der Waals surface area contributed by atoms with Crippen LogP contribution in [0.15, 0.2) is 18.2 Å². The fraction of sp³-hybridized carbons (Fsp3) is 0.538. The van der Waals surface area contributed by atoms with E-state index in [-0.39, 0.29) is 5.69 Å². The van der Waals surface area contributed by atoms with Crippen LogP contribution in [0.1, 0.15) is 19.8 Å². The summed E-state index contributed by atoms with van der Waals surface area (Å²) in [5.41, 5.74) is -0.271. The lowest BCUT2D eigenvalue weighted by Gasteiger charge is -2.18. The lowest BCUT2D eigenvalue weighted by atomic mass is 10.3. The second-order valence-electron chi connectivity index (χ2n) is 4.66. The van der Waals surface area contributed by atoms with E-state index in [0.29, 0.717) is 25.6 Å². The minimum Gasteiger partial charge on any atom is -0.317 e. The number of benzene rings is 1. The number of rotatable bonds is 9. The summed E-state index contributed by atoms with van der Waals surface area (Å²) in [6.45, 7) is 3.94. The molecule has 0 saturated carbocycles. The van der Waals surface area contributed by atoms with Crippen LogP contribution in [0.25, 0.3) is 0 Å². The molecule has 0 aromatic heterocycles. The molecule has 0 spiro atoms. The quantitative estimate of drug-likeness (QED) is 0.683. The molecular weight excluding hydrogens is 300 g/mol. The summed E-state index contributed by atoms with van der Waals surface area (Å²) in [7, 11) is -2.44. The van der Waals surface area contributed by atoms with Gasteiger partial charge in [-0.15, -0.1) is 0 Å². The van der Waals surface area contributed by atoms with Crippen molar-refractivity contribution in [1.29, 1.82) is 0 Å². The van der Waals surface area contributed by atoms with Crippen LogP contribution in [0.3, 0.4) is 0 Å². The molecule has 0 atom stereocenters. The van der Waals surface area contributed by atoms with Crippen molar-refractivity contribution in [1.82, 2.24) is 9.62 Å². The molecule has 0 heterocycles. The molecule has 21 heavy (non-hydrogen) atoms. The number of hydrogen-bond donors (Lipinski definition) is 2. The standard InChI is InChI=1S/C13H21F2N3O2S/c1-3-7-16-8-4-9-18(2)21(19,20)17-13-6-5-11(14)10-12(13)15/h5-6,10,16-17H,3-4,7-9H2,1-2H3. The van der Waals surface area contributed by atoms with E-state index in [0.717, 1.165) is 29.4 Å². The fourth-order valence-electron chi connectivity index (χ4n) is 1.64. The van der Waals surface area contributed by atoms with Gasteiger partial charge in [-0.1, -0.05) is 6.92 Å². The average Bonchev–Trinajstić information content (AvgIpc) is 2.41. The Bertz CT molecular complexity index is 552. The van der Waals surface area contributed by atoms with E-state index in [4.69, 9.17) is 0 Å². The predicted octanol–water partition coefficient (Wildman–Crippen LogP) is 1.94. The molecular formula is C13H21F2N3O2S. The van der Waals surface area contributed by atoms with Crippen LogP contribution in [-0.4, -0.2) is 39.4 Å². The van der Waals surface area contributed by atoms with Crippen LogP contribution < -0.4 is 10.0 Å². The third-order valence-corrected chi connectivity index (χ3v) is 4.31. The van der Waals surface area contributed by atoms with Crippen molar-refractivity contribution in [2.45, 2.75) is 19.8 Å². The highest BCUT2D eigenvalue weighted by Crippen LogP contribution is 2.17. The monoisotopic (exact) mass is 321 g/mol. The molecule has 2 N–H and O–H groups in total. The molecule has 8 heteroatoms.